The number of nitrogens with one attached hydrogen (secondary N) is 1. The molecule has 0 radical (unpaired) electrons. The molecule has 0 aliphatic carbocycles. The summed E-state index contributed by atoms with van der Waals surface area (Å²) in [5.41, 5.74) is 1.60. The van der Waals surface area contributed by atoms with E-state index < -0.39 is 10.0 Å². The van der Waals surface area contributed by atoms with Crippen LogP contribution in [0.5, 0.6) is 5.75 Å². The number of sulfonamides is 1. The summed E-state index contributed by atoms with van der Waals surface area (Å²) < 4.78 is 26.8. The van der Waals surface area contributed by atoms with Crippen LogP contribution in [-0.4, -0.2) is 13.5 Å². The largest absolute Gasteiger partial charge is 0.507 e. The second-order valence-corrected chi connectivity index (χ2v) is 6.00. The van der Waals surface area contributed by atoms with Gasteiger partial charge in [-0.2, -0.15) is 0 Å². The molecule has 0 unspecified atom stereocenters. The molecule has 2 aromatic carbocycles. The molecule has 19 heavy (non-hydrogen) atoms. The number of rotatable bonds is 3. The van der Waals surface area contributed by atoms with Crippen molar-refractivity contribution in [2.45, 2.75) is 18.7 Å². The molecule has 0 atom stereocenters. The summed E-state index contributed by atoms with van der Waals surface area (Å²) in [5.74, 6) is 0.105. The monoisotopic (exact) mass is 277 g/mol. The minimum absolute atomic E-state index is 0.105. The maximum atomic E-state index is 12.2. The third-order valence-corrected chi connectivity index (χ3v) is 4.31. The van der Waals surface area contributed by atoms with Crippen LogP contribution in [0.3, 0.4) is 0 Å². The van der Waals surface area contributed by atoms with Gasteiger partial charge in [0.25, 0.3) is 10.0 Å². The van der Waals surface area contributed by atoms with Crippen molar-refractivity contribution in [2.24, 2.45) is 0 Å². The Bertz CT molecular complexity index is 694. The first-order valence-electron chi connectivity index (χ1n) is 5.79. The Morgan fingerprint density at radius 1 is 1.00 bits per heavy atom. The fourth-order valence-corrected chi connectivity index (χ4v) is 2.89. The van der Waals surface area contributed by atoms with Crippen LogP contribution in [0.2, 0.25) is 0 Å². The molecule has 0 heterocycles. The first-order chi connectivity index (χ1) is 8.92. The second-order valence-electron chi connectivity index (χ2n) is 4.32. The minimum atomic E-state index is -3.63. The quantitative estimate of drug-likeness (QED) is 0.906. The summed E-state index contributed by atoms with van der Waals surface area (Å²) in [6, 6.07) is 11.4. The van der Waals surface area contributed by atoms with Crippen molar-refractivity contribution in [3.05, 3.63) is 53.6 Å². The van der Waals surface area contributed by atoms with E-state index in [0.29, 0.717) is 16.8 Å². The van der Waals surface area contributed by atoms with Crippen molar-refractivity contribution < 1.29 is 13.5 Å². The van der Waals surface area contributed by atoms with E-state index in [0.717, 1.165) is 0 Å². The van der Waals surface area contributed by atoms with E-state index in [1.807, 2.05) is 0 Å². The molecule has 0 aliphatic heterocycles. The molecule has 2 aromatic rings. The van der Waals surface area contributed by atoms with Gasteiger partial charge in [0, 0.05) is 5.56 Å². The Hall–Kier alpha value is -2.01. The highest BCUT2D eigenvalue weighted by Crippen LogP contribution is 2.29. The SMILES string of the molecule is Cc1ccc(NS(=O)(=O)c2ccccc2)c(C)c1O. The number of phenolic OH excluding ortho intramolecular Hbond substituents is 1. The van der Waals surface area contributed by atoms with Crippen LogP contribution in [0.1, 0.15) is 11.1 Å². The van der Waals surface area contributed by atoms with Gasteiger partial charge >= 0.3 is 0 Å². The molecule has 0 bridgehead atoms. The molecule has 0 aliphatic rings. The molecule has 0 aromatic heterocycles. The van der Waals surface area contributed by atoms with Crippen LogP contribution >= 0.6 is 0 Å². The van der Waals surface area contributed by atoms with Gasteiger partial charge in [-0.05, 0) is 37.6 Å². The lowest BCUT2D eigenvalue weighted by Crippen LogP contribution is -2.13. The molecule has 0 saturated heterocycles. The van der Waals surface area contributed by atoms with Crippen molar-refractivity contribution in [1.82, 2.24) is 0 Å². The number of hydrogen-bond donors (Lipinski definition) is 2. The van der Waals surface area contributed by atoms with E-state index in [4.69, 9.17) is 0 Å². The summed E-state index contributed by atoms with van der Waals surface area (Å²) in [7, 11) is -3.63. The van der Waals surface area contributed by atoms with Crippen molar-refractivity contribution >= 4 is 15.7 Å². The summed E-state index contributed by atoms with van der Waals surface area (Å²) in [5, 5.41) is 9.82. The van der Waals surface area contributed by atoms with E-state index in [1.165, 1.54) is 12.1 Å². The Morgan fingerprint density at radius 3 is 2.26 bits per heavy atom. The van der Waals surface area contributed by atoms with Crippen LogP contribution in [0.4, 0.5) is 5.69 Å². The molecular formula is C14H15NO3S. The highest BCUT2D eigenvalue weighted by molar-refractivity contribution is 7.92. The van der Waals surface area contributed by atoms with Gasteiger partial charge in [0.1, 0.15) is 5.75 Å². The highest BCUT2D eigenvalue weighted by Gasteiger charge is 2.16. The first kappa shape index (κ1) is 13.4. The molecule has 100 valence electrons. The van der Waals surface area contributed by atoms with Crippen LogP contribution in [-0.2, 0) is 10.0 Å². The van der Waals surface area contributed by atoms with Gasteiger partial charge in [0.05, 0.1) is 10.6 Å². The molecule has 0 amide bonds. The normalized spacial score (nSPS) is 11.3. The minimum Gasteiger partial charge on any atom is -0.507 e. The fourth-order valence-electron chi connectivity index (χ4n) is 1.75. The van der Waals surface area contributed by atoms with E-state index in [-0.39, 0.29) is 10.6 Å². The Kier molecular flexibility index (Phi) is 3.48. The van der Waals surface area contributed by atoms with Gasteiger partial charge in [0.2, 0.25) is 0 Å². The average molecular weight is 277 g/mol. The van der Waals surface area contributed by atoms with Crippen molar-refractivity contribution in [3.63, 3.8) is 0 Å². The third kappa shape index (κ3) is 2.71. The highest BCUT2D eigenvalue weighted by atomic mass is 32.2. The molecule has 2 rings (SSSR count). The third-order valence-electron chi connectivity index (χ3n) is 2.93. The predicted molar refractivity (Wildman–Crippen MR) is 74.8 cm³/mol. The Morgan fingerprint density at radius 2 is 1.63 bits per heavy atom. The van der Waals surface area contributed by atoms with Gasteiger partial charge < -0.3 is 5.11 Å². The molecule has 4 nitrogen and oxygen atoms in total. The number of aromatic hydroxyl groups is 1. The van der Waals surface area contributed by atoms with Gasteiger partial charge in [-0.1, -0.05) is 24.3 Å². The molecule has 2 N–H and O–H groups in total. The second kappa shape index (κ2) is 4.93. The summed E-state index contributed by atoms with van der Waals surface area (Å²) in [4.78, 5) is 0.189. The summed E-state index contributed by atoms with van der Waals surface area (Å²) >= 11 is 0. The lowest BCUT2D eigenvalue weighted by Gasteiger charge is -2.12. The topological polar surface area (TPSA) is 66.4 Å². The maximum absolute atomic E-state index is 12.2. The summed E-state index contributed by atoms with van der Waals surface area (Å²) in [6.45, 7) is 3.43. The molecule has 0 spiro atoms. The first-order valence-corrected chi connectivity index (χ1v) is 7.27. The zero-order chi connectivity index (χ0) is 14.0. The molecule has 0 fully saturated rings. The fraction of sp³-hybridized carbons (Fsp3) is 0.143. The van der Waals surface area contributed by atoms with Gasteiger partial charge in [-0.15, -0.1) is 0 Å². The summed E-state index contributed by atoms with van der Waals surface area (Å²) in [6.07, 6.45) is 0. The molecule has 5 heteroatoms. The van der Waals surface area contributed by atoms with Crippen LogP contribution in [0.25, 0.3) is 0 Å². The zero-order valence-corrected chi connectivity index (χ0v) is 11.5. The van der Waals surface area contributed by atoms with Crippen molar-refractivity contribution in [1.29, 1.82) is 0 Å². The van der Waals surface area contributed by atoms with Crippen LogP contribution < -0.4 is 4.72 Å². The van der Waals surface area contributed by atoms with Gasteiger partial charge in [-0.3, -0.25) is 4.72 Å². The predicted octanol–water partition coefficient (Wildman–Crippen LogP) is 2.81. The molecular weight excluding hydrogens is 262 g/mol. The van der Waals surface area contributed by atoms with Crippen molar-refractivity contribution in [3.8, 4) is 5.75 Å². The lowest BCUT2D eigenvalue weighted by molar-refractivity contribution is 0.467. The van der Waals surface area contributed by atoms with E-state index in [9.17, 15) is 13.5 Å². The number of aryl methyl sites for hydroxylation is 1. The van der Waals surface area contributed by atoms with Crippen molar-refractivity contribution in [2.75, 3.05) is 4.72 Å². The van der Waals surface area contributed by atoms with Gasteiger partial charge in [-0.25, -0.2) is 8.42 Å². The Labute approximate surface area is 112 Å². The molecule has 0 saturated carbocycles. The van der Waals surface area contributed by atoms with E-state index in [1.54, 1.807) is 44.2 Å². The number of phenols is 1. The van der Waals surface area contributed by atoms with E-state index in [2.05, 4.69) is 4.72 Å². The van der Waals surface area contributed by atoms with Crippen LogP contribution in [0.15, 0.2) is 47.4 Å². The maximum Gasteiger partial charge on any atom is 0.261 e. The zero-order valence-electron chi connectivity index (χ0n) is 10.7. The smallest absolute Gasteiger partial charge is 0.261 e. The van der Waals surface area contributed by atoms with Gasteiger partial charge in [0.15, 0.2) is 0 Å². The van der Waals surface area contributed by atoms with Crippen LogP contribution in [0, 0.1) is 13.8 Å². The van der Waals surface area contributed by atoms with E-state index >= 15 is 0 Å². The number of hydrogen-bond acceptors (Lipinski definition) is 3. The number of benzene rings is 2. The lowest BCUT2D eigenvalue weighted by atomic mass is 10.1. The average Bonchev–Trinajstić information content (AvgIpc) is 2.40. The number of anilines is 1. The Balaban J connectivity index is 2.40. The standard InChI is InChI=1S/C14H15NO3S/c1-10-8-9-13(11(2)14(10)16)15-19(17,18)12-6-4-3-5-7-12/h3-9,15-16H,1-2H3.